The van der Waals surface area contributed by atoms with Crippen molar-refractivity contribution < 1.29 is 18.0 Å². The summed E-state index contributed by atoms with van der Waals surface area (Å²) < 4.78 is 40.0. The Morgan fingerprint density at radius 1 is 1.21 bits per heavy atom. The van der Waals surface area contributed by atoms with Gasteiger partial charge in [-0.15, -0.1) is 11.3 Å². The van der Waals surface area contributed by atoms with Crippen LogP contribution in [0.1, 0.15) is 70.9 Å². The van der Waals surface area contributed by atoms with E-state index in [4.69, 9.17) is 17.2 Å². The first-order valence-corrected chi connectivity index (χ1v) is 14.1. The van der Waals surface area contributed by atoms with Crippen molar-refractivity contribution in [1.82, 2.24) is 24.6 Å². The number of carbonyl (C=O) groups excluding carboxylic acids is 1. The second-order valence-electron chi connectivity index (χ2n) is 10.1. The van der Waals surface area contributed by atoms with Gasteiger partial charge in [-0.25, -0.2) is 4.98 Å². The molecule has 0 N–H and O–H groups in total. The van der Waals surface area contributed by atoms with E-state index in [1.807, 2.05) is 5.38 Å². The minimum atomic E-state index is -4.53. The highest BCUT2D eigenvalue weighted by Crippen LogP contribution is 2.36. The lowest BCUT2D eigenvalue weighted by Crippen LogP contribution is -2.40. The van der Waals surface area contributed by atoms with Crippen molar-refractivity contribution in [2.45, 2.75) is 63.7 Å². The molecule has 0 bridgehead atoms. The fourth-order valence-corrected chi connectivity index (χ4v) is 6.72. The second kappa shape index (κ2) is 10.8. The highest BCUT2D eigenvalue weighted by Gasteiger charge is 2.35. The highest BCUT2D eigenvalue weighted by molar-refractivity contribution is 7.80. The highest BCUT2D eigenvalue weighted by atomic mass is 32.1. The molecule has 2 aliphatic rings. The number of rotatable bonds is 5. The van der Waals surface area contributed by atoms with E-state index in [9.17, 15) is 18.0 Å². The predicted octanol–water partition coefficient (Wildman–Crippen LogP) is 5.76. The van der Waals surface area contributed by atoms with Crippen LogP contribution in [-0.4, -0.2) is 55.6 Å². The summed E-state index contributed by atoms with van der Waals surface area (Å²) in [6.45, 7) is 2.40. The molecule has 0 saturated carbocycles. The van der Waals surface area contributed by atoms with Gasteiger partial charge in [0, 0.05) is 37.1 Å². The van der Waals surface area contributed by atoms with Gasteiger partial charge >= 0.3 is 6.18 Å². The van der Waals surface area contributed by atoms with Crippen molar-refractivity contribution in [2.75, 3.05) is 20.1 Å². The number of carbonyl (C=O) groups is 1. The van der Waals surface area contributed by atoms with Crippen LogP contribution in [0.25, 0.3) is 0 Å². The second-order valence-corrected chi connectivity index (χ2v) is 11.4. The molecular formula is C27H30F3N5OS2. The van der Waals surface area contributed by atoms with Crippen molar-refractivity contribution in [1.29, 1.82) is 0 Å². The average molecular weight is 562 g/mol. The zero-order valence-corrected chi connectivity index (χ0v) is 23.0. The van der Waals surface area contributed by atoms with Gasteiger partial charge < -0.3 is 9.80 Å². The van der Waals surface area contributed by atoms with Crippen LogP contribution in [0.4, 0.5) is 13.2 Å². The number of thiazole rings is 1. The topological polar surface area (TPSA) is 54.3 Å². The monoisotopic (exact) mass is 561 g/mol. The molecule has 5 rings (SSSR count). The molecule has 11 heteroatoms. The quantitative estimate of drug-likeness (QED) is 0.371. The van der Waals surface area contributed by atoms with Crippen LogP contribution >= 0.6 is 23.6 Å². The number of benzene rings is 1. The number of aryl methyl sites for hydroxylation is 2. The standard InChI is InChI=1S/C27H30F3N5OS2/c1-17-14-23(27(28,29)30)32-35(17)15-24(36)34-12-10-19(11-13-34)25-31-21(16-38-25)26(37)33(2)22-9-5-7-18-6-3-4-8-20(18)22/h3-4,6,8,14,16,19,22H,5,7,9-13,15H2,1-2H3/t22-/m1/s1. The number of nitrogens with zero attached hydrogens (tertiary/aromatic N) is 5. The number of amides is 1. The number of halogens is 3. The van der Waals surface area contributed by atoms with Gasteiger partial charge in [-0.2, -0.15) is 18.3 Å². The molecule has 3 aromatic rings. The third kappa shape index (κ3) is 5.49. The van der Waals surface area contributed by atoms with E-state index >= 15 is 0 Å². The zero-order valence-electron chi connectivity index (χ0n) is 21.4. The third-order valence-corrected chi connectivity index (χ3v) is 9.12. The van der Waals surface area contributed by atoms with Crippen molar-refractivity contribution >= 4 is 34.5 Å². The van der Waals surface area contributed by atoms with Crippen LogP contribution < -0.4 is 0 Å². The van der Waals surface area contributed by atoms with E-state index < -0.39 is 11.9 Å². The predicted molar refractivity (Wildman–Crippen MR) is 144 cm³/mol. The lowest BCUT2D eigenvalue weighted by Gasteiger charge is -2.34. The Hall–Kier alpha value is -2.79. The van der Waals surface area contributed by atoms with Crippen molar-refractivity contribution in [2.24, 2.45) is 0 Å². The Morgan fingerprint density at radius 2 is 1.95 bits per heavy atom. The summed E-state index contributed by atoms with van der Waals surface area (Å²) in [6, 6.07) is 9.79. The SMILES string of the molecule is Cc1cc(C(F)(F)F)nn1CC(=O)N1CCC(c2nc(C(=S)N(C)[C@@H]3CCCc4ccccc43)cs2)CC1. The lowest BCUT2D eigenvalue weighted by molar-refractivity contribution is -0.142. The molecular weight excluding hydrogens is 531 g/mol. The minimum absolute atomic E-state index is 0.196. The molecule has 0 unspecified atom stereocenters. The summed E-state index contributed by atoms with van der Waals surface area (Å²) >= 11 is 7.46. The first kappa shape index (κ1) is 26.8. The van der Waals surface area contributed by atoms with Gasteiger partial charge in [0.1, 0.15) is 17.2 Å². The largest absolute Gasteiger partial charge is 0.435 e. The number of aromatic nitrogens is 3. The van der Waals surface area contributed by atoms with Crippen molar-refractivity contribution in [3.63, 3.8) is 0 Å². The van der Waals surface area contributed by atoms with Crippen LogP contribution in [-0.2, 0) is 23.9 Å². The molecule has 38 heavy (non-hydrogen) atoms. The maximum atomic E-state index is 12.9. The van der Waals surface area contributed by atoms with Gasteiger partial charge in [0.15, 0.2) is 5.69 Å². The summed E-state index contributed by atoms with van der Waals surface area (Å²) in [5.74, 6) is 0.00310. The van der Waals surface area contributed by atoms with Crippen molar-refractivity contribution in [3.05, 3.63) is 68.9 Å². The molecule has 1 fully saturated rings. The van der Waals surface area contributed by atoms with Gasteiger partial charge in [0.05, 0.1) is 11.0 Å². The number of alkyl halides is 3. The number of hydrogen-bond acceptors (Lipinski definition) is 5. The molecule has 1 saturated heterocycles. The van der Waals surface area contributed by atoms with Crippen LogP contribution in [0.2, 0.25) is 0 Å². The van der Waals surface area contributed by atoms with Gasteiger partial charge in [-0.1, -0.05) is 36.5 Å². The van der Waals surface area contributed by atoms with Crippen LogP contribution in [0.5, 0.6) is 0 Å². The van der Waals surface area contributed by atoms with E-state index in [-0.39, 0.29) is 24.4 Å². The lowest BCUT2D eigenvalue weighted by atomic mass is 9.87. The smallest absolute Gasteiger partial charge is 0.357 e. The van der Waals surface area contributed by atoms with Gasteiger partial charge in [-0.3, -0.25) is 9.48 Å². The van der Waals surface area contributed by atoms with E-state index in [2.05, 4.69) is 41.3 Å². The maximum absolute atomic E-state index is 12.9. The van der Waals surface area contributed by atoms with Gasteiger partial charge in [0.25, 0.3) is 0 Å². The van der Waals surface area contributed by atoms with Gasteiger partial charge in [0.2, 0.25) is 5.91 Å². The number of thiocarbonyl (C=S) groups is 1. The fourth-order valence-electron chi connectivity index (χ4n) is 5.44. The molecule has 0 spiro atoms. The number of fused-ring (bicyclic) bond motifs is 1. The molecule has 202 valence electrons. The minimum Gasteiger partial charge on any atom is -0.357 e. The third-order valence-electron chi connectivity index (χ3n) is 7.62. The summed E-state index contributed by atoms with van der Waals surface area (Å²) in [5.41, 5.74) is 2.89. The Balaban J connectivity index is 1.18. The van der Waals surface area contributed by atoms with Gasteiger partial charge in [-0.05, 0) is 56.2 Å². The number of hydrogen-bond donors (Lipinski definition) is 0. The van der Waals surface area contributed by atoms with E-state index in [1.54, 1.807) is 16.2 Å². The Kier molecular flexibility index (Phi) is 7.59. The number of piperidine rings is 1. The molecule has 1 aliphatic carbocycles. The average Bonchev–Trinajstić information content (AvgIpc) is 3.55. The summed E-state index contributed by atoms with van der Waals surface area (Å²) in [4.78, 5) is 22.3. The van der Waals surface area contributed by atoms with E-state index in [0.717, 1.165) is 58.5 Å². The first-order valence-electron chi connectivity index (χ1n) is 12.8. The Bertz CT molecular complexity index is 1330. The Labute approximate surface area is 229 Å². The maximum Gasteiger partial charge on any atom is 0.435 e. The molecule has 6 nitrogen and oxygen atoms in total. The van der Waals surface area contributed by atoms with Crippen molar-refractivity contribution in [3.8, 4) is 0 Å². The summed E-state index contributed by atoms with van der Waals surface area (Å²) in [7, 11) is 2.05. The molecule has 0 radical (unpaired) electrons. The normalized spacial score (nSPS) is 18.3. The molecule has 2 aromatic heterocycles. The van der Waals surface area contributed by atoms with Crippen LogP contribution in [0.15, 0.2) is 35.7 Å². The van der Waals surface area contributed by atoms with E-state index in [1.165, 1.54) is 18.1 Å². The molecule has 3 heterocycles. The van der Waals surface area contributed by atoms with Crippen LogP contribution in [0, 0.1) is 6.92 Å². The fraction of sp³-hybridized carbons (Fsp3) is 0.481. The zero-order chi connectivity index (χ0) is 27.0. The summed E-state index contributed by atoms with van der Waals surface area (Å²) in [6.07, 6.45) is 0.282. The molecule has 1 aromatic carbocycles. The molecule has 1 atom stereocenters. The van der Waals surface area contributed by atoms with Crippen LogP contribution in [0.3, 0.4) is 0 Å². The Morgan fingerprint density at radius 3 is 2.66 bits per heavy atom. The molecule has 1 aliphatic heterocycles. The summed E-state index contributed by atoms with van der Waals surface area (Å²) in [5, 5.41) is 6.62. The number of likely N-dealkylation sites (tertiary alicyclic amines) is 1. The molecule has 1 amide bonds. The first-order chi connectivity index (χ1) is 18.1. The van der Waals surface area contributed by atoms with E-state index in [0.29, 0.717) is 18.8 Å².